The number of anilines is 1. The predicted molar refractivity (Wildman–Crippen MR) is 85.7 cm³/mol. The van der Waals surface area contributed by atoms with E-state index in [4.69, 9.17) is 0 Å². The monoisotopic (exact) mass is 291 g/mol. The van der Waals surface area contributed by atoms with Crippen molar-refractivity contribution in [2.75, 3.05) is 5.43 Å². The smallest absolute Gasteiger partial charge is 0.252 e. The zero-order valence-corrected chi connectivity index (χ0v) is 11.6. The Hall–Kier alpha value is -3.28. The first kappa shape index (κ1) is 13.7. The van der Waals surface area contributed by atoms with Gasteiger partial charge in [0.15, 0.2) is 0 Å². The minimum absolute atomic E-state index is 0.246. The molecule has 0 amide bonds. The minimum atomic E-state index is -0.246. The minimum Gasteiger partial charge on any atom is -0.291 e. The van der Waals surface area contributed by atoms with Crippen molar-refractivity contribution in [2.24, 2.45) is 5.10 Å². The average Bonchev–Trinajstić information content (AvgIpc) is 2.56. The summed E-state index contributed by atoms with van der Waals surface area (Å²) in [7, 11) is 0. The molecule has 3 aromatic rings. The lowest BCUT2D eigenvalue weighted by Gasteiger charge is -2.03. The molecule has 0 fully saturated rings. The van der Waals surface area contributed by atoms with Crippen molar-refractivity contribution in [3.05, 3.63) is 76.8 Å². The molecule has 6 heteroatoms. The highest BCUT2D eigenvalue weighted by atomic mass is 16.1. The number of aromatic nitrogens is 3. The SMILES string of the molecule is O=c1cc(-c2ccccc2)nc(N/N=C/c2ccccn2)[nH]1. The Morgan fingerprint density at radius 2 is 1.91 bits per heavy atom. The second-order valence-corrected chi connectivity index (χ2v) is 4.47. The van der Waals surface area contributed by atoms with E-state index in [2.05, 4.69) is 25.5 Å². The topological polar surface area (TPSA) is 83.0 Å². The zero-order valence-electron chi connectivity index (χ0n) is 11.6. The van der Waals surface area contributed by atoms with Crippen molar-refractivity contribution in [2.45, 2.75) is 0 Å². The van der Waals surface area contributed by atoms with Crippen LogP contribution in [0.1, 0.15) is 5.69 Å². The Bertz CT molecular complexity index is 828. The van der Waals surface area contributed by atoms with Gasteiger partial charge in [0, 0.05) is 17.8 Å². The van der Waals surface area contributed by atoms with Crippen molar-refractivity contribution < 1.29 is 0 Å². The van der Waals surface area contributed by atoms with Crippen LogP contribution >= 0.6 is 0 Å². The lowest BCUT2D eigenvalue weighted by Crippen LogP contribution is -2.10. The van der Waals surface area contributed by atoms with Gasteiger partial charge < -0.3 is 0 Å². The largest absolute Gasteiger partial charge is 0.291 e. The fraction of sp³-hybridized carbons (Fsp3) is 0. The highest BCUT2D eigenvalue weighted by Crippen LogP contribution is 2.15. The summed E-state index contributed by atoms with van der Waals surface area (Å²) in [6, 6.07) is 16.4. The fourth-order valence-electron chi connectivity index (χ4n) is 1.88. The number of hydrogen-bond acceptors (Lipinski definition) is 5. The molecule has 0 aliphatic carbocycles. The molecule has 2 heterocycles. The Morgan fingerprint density at radius 3 is 2.68 bits per heavy atom. The quantitative estimate of drug-likeness (QED) is 0.570. The number of aromatic amines is 1. The van der Waals surface area contributed by atoms with E-state index in [0.29, 0.717) is 11.4 Å². The molecule has 0 radical (unpaired) electrons. The van der Waals surface area contributed by atoms with Crippen LogP contribution in [-0.4, -0.2) is 21.2 Å². The van der Waals surface area contributed by atoms with Gasteiger partial charge in [-0.3, -0.25) is 14.8 Å². The molecule has 0 spiro atoms. The third-order valence-corrected chi connectivity index (χ3v) is 2.87. The molecule has 0 atom stereocenters. The Labute approximate surface area is 126 Å². The first-order valence-corrected chi connectivity index (χ1v) is 6.68. The molecule has 22 heavy (non-hydrogen) atoms. The number of hydrazone groups is 1. The summed E-state index contributed by atoms with van der Waals surface area (Å²) in [5, 5.41) is 4.02. The first-order chi connectivity index (χ1) is 10.8. The number of benzene rings is 1. The van der Waals surface area contributed by atoms with E-state index in [-0.39, 0.29) is 11.5 Å². The van der Waals surface area contributed by atoms with Gasteiger partial charge in [-0.05, 0) is 12.1 Å². The molecule has 108 valence electrons. The summed E-state index contributed by atoms with van der Waals surface area (Å²) in [5.74, 6) is 0.276. The van der Waals surface area contributed by atoms with Crippen LogP contribution in [-0.2, 0) is 0 Å². The summed E-state index contributed by atoms with van der Waals surface area (Å²) in [6.45, 7) is 0. The zero-order chi connectivity index (χ0) is 15.2. The van der Waals surface area contributed by atoms with E-state index < -0.39 is 0 Å². The van der Waals surface area contributed by atoms with Gasteiger partial charge in [-0.2, -0.15) is 5.10 Å². The van der Waals surface area contributed by atoms with Crippen LogP contribution < -0.4 is 11.0 Å². The molecule has 2 aromatic heterocycles. The van der Waals surface area contributed by atoms with Crippen molar-refractivity contribution in [3.63, 3.8) is 0 Å². The Balaban J connectivity index is 1.81. The Morgan fingerprint density at radius 1 is 1.09 bits per heavy atom. The number of hydrogen-bond donors (Lipinski definition) is 2. The van der Waals surface area contributed by atoms with Crippen LogP contribution in [0.15, 0.2) is 70.7 Å². The van der Waals surface area contributed by atoms with Crippen molar-refractivity contribution in [3.8, 4) is 11.3 Å². The second kappa shape index (κ2) is 6.45. The van der Waals surface area contributed by atoms with E-state index in [1.807, 2.05) is 48.5 Å². The third-order valence-electron chi connectivity index (χ3n) is 2.87. The summed E-state index contributed by atoms with van der Waals surface area (Å²) in [4.78, 5) is 22.8. The van der Waals surface area contributed by atoms with E-state index in [0.717, 1.165) is 5.56 Å². The number of H-pyrrole nitrogens is 1. The number of nitrogens with zero attached hydrogens (tertiary/aromatic N) is 3. The van der Waals surface area contributed by atoms with E-state index >= 15 is 0 Å². The normalized spacial score (nSPS) is 10.7. The van der Waals surface area contributed by atoms with Crippen LogP contribution in [0, 0.1) is 0 Å². The van der Waals surface area contributed by atoms with Crippen LogP contribution in [0.3, 0.4) is 0 Å². The van der Waals surface area contributed by atoms with Gasteiger partial charge in [-0.25, -0.2) is 10.4 Å². The molecule has 2 N–H and O–H groups in total. The lowest BCUT2D eigenvalue weighted by atomic mass is 10.1. The van der Waals surface area contributed by atoms with Gasteiger partial charge >= 0.3 is 0 Å². The fourth-order valence-corrected chi connectivity index (χ4v) is 1.88. The van der Waals surface area contributed by atoms with Crippen molar-refractivity contribution >= 4 is 12.2 Å². The maximum Gasteiger partial charge on any atom is 0.252 e. The maximum atomic E-state index is 11.7. The van der Waals surface area contributed by atoms with Crippen LogP contribution in [0.2, 0.25) is 0 Å². The van der Waals surface area contributed by atoms with Crippen LogP contribution in [0.5, 0.6) is 0 Å². The van der Waals surface area contributed by atoms with Crippen molar-refractivity contribution in [1.29, 1.82) is 0 Å². The summed E-state index contributed by atoms with van der Waals surface area (Å²) in [5.41, 5.74) is 4.62. The van der Waals surface area contributed by atoms with Crippen LogP contribution in [0.25, 0.3) is 11.3 Å². The molecule has 0 unspecified atom stereocenters. The molecule has 0 saturated carbocycles. The standard InChI is InChI=1S/C16H13N5O/c22-15-10-14(12-6-2-1-3-7-12)19-16(20-15)21-18-11-13-8-4-5-9-17-13/h1-11H,(H2,19,20,21,22)/b18-11+. The lowest BCUT2D eigenvalue weighted by molar-refractivity contribution is 1.09. The summed E-state index contributed by atoms with van der Waals surface area (Å²) < 4.78 is 0. The number of nitrogens with one attached hydrogen (secondary N) is 2. The second-order valence-electron chi connectivity index (χ2n) is 4.47. The number of rotatable bonds is 4. The highest BCUT2D eigenvalue weighted by molar-refractivity contribution is 5.77. The molecular weight excluding hydrogens is 278 g/mol. The molecule has 0 aliphatic heterocycles. The predicted octanol–water partition coefficient (Wildman–Crippen LogP) is 2.28. The average molecular weight is 291 g/mol. The van der Waals surface area contributed by atoms with Gasteiger partial charge in [0.25, 0.3) is 5.56 Å². The van der Waals surface area contributed by atoms with Gasteiger partial charge in [0.05, 0.1) is 17.6 Å². The molecule has 1 aromatic carbocycles. The molecular formula is C16H13N5O. The van der Waals surface area contributed by atoms with Gasteiger partial charge in [0.2, 0.25) is 5.95 Å². The number of pyridine rings is 1. The maximum absolute atomic E-state index is 11.7. The molecule has 0 aliphatic rings. The summed E-state index contributed by atoms with van der Waals surface area (Å²) in [6.07, 6.45) is 3.23. The molecule has 3 rings (SSSR count). The van der Waals surface area contributed by atoms with Gasteiger partial charge in [0.1, 0.15) is 0 Å². The Kier molecular flexibility index (Phi) is 4.01. The van der Waals surface area contributed by atoms with Gasteiger partial charge in [-0.15, -0.1) is 0 Å². The molecule has 0 bridgehead atoms. The van der Waals surface area contributed by atoms with E-state index in [1.54, 1.807) is 12.4 Å². The third kappa shape index (κ3) is 3.43. The first-order valence-electron chi connectivity index (χ1n) is 6.68. The van der Waals surface area contributed by atoms with Crippen LogP contribution in [0.4, 0.5) is 5.95 Å². The summed E-state index contributed by atoms with van der Waals surface area (Å²) >= 11 is 0. The van der Waals surface area contributed by atoms with Crippen molar-refractivity contribution in [1.82, 2.24) is 15.0 Å². The van der Waals surface area contributed by atoms with Gasteiger partial charge in [-0.1, -0.05) is 36.4 Å². The van der Waals surface area contributed by atoms with E-state index in [9.17, 15) is 4.79 Å². The molecule has 6 nitrogen and oxygen atoms in total. The molecule has 0 saturated heterocycles. The van der Waals surface area contributed by atoms with E-state index in [1.165, 1.54) is 6.07 Å². The highest BCUT2D eigenvalue weighted by Gasteiger charge is 2.02.